The molecule has 0 aromatic carbocycles. The van der Waals surface area contributed by atoms with Gasteiger partial charge < -0.3 is 54.0 Å². The zero-order valence-electron chi connectivity index (χ0n) is 22.3. The van der Waals surface area contributed by atoms with Crippen LogP contribution in [0.4, 0.5) is 0 Å². The van der Waals surface area contributed by atoms with Gasteiger partial charge in [-0.3, -0.25) is 24.2 Å². The highest BCUT2D eigenvalue weighted by atomic mass is 16.4. The van der Waals surface area contributed by atoms with Crippen LogP contribution in [0, 0.1) is 0 Å². The van der Waals surface area contributed by atoms with Crippen molar-refractivity contribution in [3.63, 3.8) is 0 Å². The van der Waals surface area contributed by atoms with Gasteiger partial charge in [0.1, 0.15) is 24.2 Å². The maximum atomic E-state index is 13.3. The van der Waals surface area contributed by atoms with Gasteiger partial charge in [0.05, 0.1) is 12.6 Å². The van der Waals surface area contributed by atoms with Gasteiger partial charge in [0.2, 0.25) is 23.6 Å². The van der Waals surface area contributed by atoms with Gasteiger partial charge in [-0.15, -0.1) is 0 Å². The molecule has 0 bridgehead atoms. The third-order valence-corrected chi connectivity index (χ3v) is 6.22. The molecule has 16 nitrogen and oxygen atoms in total. The Morgan fingerprint density at radius 1 is 1.05 bits per heavy atom. The van der Waals surface area contributed by atoms with Crippen LogP contribution in [0.3, 0.4) is 0 Å². The molecule has 0 unspecified atom stereocenters. The number of unbranched alkanes of at least 4 members (excludes halogenated alkanes) is 1. The van der Waals surface area contributed by atoms with Crippen molar-refractivity contribution in [2.24, 2.45) is 27.9 Å². The number of likely N-dealkylation sites (tertiary alicyclic amines) is 1. The van der Waals surface area contributed by atoms with Crippen LogP contribution in [0.5, 0.6) is 0 Å². The lowest BCUT2D eigenvalue weighted by molar-refractivity contribution is -0.143. The number of guanidine groups is 1. The first-order chi connectivity index (χ1) is 18.4. The number of rotatable bonds is 17. The Kier molecular flexibility index (Phi) is 14.8. The van der Waals surface area contributed by atoms with Crippen LogP contribution < -0.4 is 38.9 Å². The summed E-state index contributed by atoms with van der Waals surface area (Å²) in [7, 11) is 0. The minimum atomic E-state index is -1.25. The van der Waals surface area contributed by atoms with Gasteiger partial charge in [-0.1, -0.05) is 0 Å². The number of carbonyl (C=O) groups is 5. The molecule has 1 aliphatic heterocycles. The van der Waals surface area contributed by atoms with Crippen LogP contribution in [-0.2, 0) is 24.0 Å². The van der Waals surface area contributed by atoms with E-state index in [1.807, 2.05) is 0 Å². The standard InChI is InChI=1S/C23H43N9O7/c1-13(33)18(25)20(36)31-14(6-2-3-9-24)21(37)32-11-5-8-16(32)19(35)29-12-17(34)30-15(22(38)39)7-4-10-28-23(26)27/h13-16,18,33H,2-12,24-25H2,1H3,(H,29,35)(H,30,34)(H,31,36)(H,38,39)(H4,26,27,28)/t13-,14+,15+,16+,18+/m1/s1. The van der Waals surface area contributed by atoms with E-state index in [-0.39, 0.29) is 31.9 Å². The van der Waals surface area contributed by atoms with E-state index in [4.69, 9.17) is 22.9 Å². The number of hydrogen-bond donors (Lipinski definition) is 9. The van der Waals surface area contributed by atoms with Crippen molar-refractivity contribution in [3.05, 3.63) is 0 Å². The molecule has 0 aromatic rings. The van der Waals surface area contributed by atoms with Gasteiger partial charge in [-0.05, 0) is 58.4 Å². The first kappa shape index (κ1) is 33.5. The number of hydrogen-bond acceptors (Lipinski definition) is 9. The molecular formula is C23H43N9O7. The number of aliphatic hydroxyl groups is 1. The third kappa shape index (κ3) is 11.8. The SMILES string of the molecule is C[C@@H](O)[C@H](N)C(=O)N[C@@H](CCCCN)C(=O)N1CCC[C@H]1C(=O)NCC(=O)N[C@@H](CCCN=C(N)N)C(=O)O. The van der Waals surface area contributed by atoms with E-state index in [0.29, 0.717) is 38.6 Å². The molecule has 1 rings (SSSR count). The summed E-state index contributed by atoms with van der Waals surface area (Å²) < 4.78 is 0. The van der Waals surface area contributed by atoms with Crippen LogP contribution in [-0.4, -0.2) is 107 Å². The summed E-state index contributed by atoms with van der Waals surface area (Å²) in [6.07, 6.45) is 1.56. The fourth-order valence-electron chi connectivity index (χ4n) is 4.03. The van der Waals surface area contributed by atoms with Crippen molar-refractivity contribution in [3.8, 4) is 0 Å². The number of amides is 4. The highest BCUT2D eigenvalue weighted by Crippen LogP contribution is 2.20. The first-order valence-electron chi connectivity index (χ1n) is 13.0. The van der Waals surface area contributed by atoms with E-state index in [1.165, 1.54) is 11.8 Å². The maximum absolute atomic E-state index is 13.3. The minimum absolute atomic E-state index is 0.0761. The number of aliphatic hydroxyl groups excluding tert-OH is 1. The number of nitrogens with two attached hydrogens (primary N) is 4. The summed E-state index contributed by atoms with van der Waals surface area (Å²) in [5.74, 6) is -3.84. The quantitative estimate of drug-likeness (QED) is 0.0472. The van der Waals surface area contributed by atoms with Crippen molar-refractivity contribution >= 4 is 35.6 Å². The maximum Gasteiger partial charge on any atom is 0.326 e. The van der Waals surface area contributed by atoms with Gasteiger partial charge in [0.15, 0.2) is 5.96 Å². The summed E-state index contributed by atoms with van der Waals surface area (Å²) in [5, 5.41) is 26.3. The fourth-order valence-corrected chi connectivity index (χ4v) is 4.03. The molecule has 39 heavy (non-hydrogen) atoms. The summed E-state index contributed by atoms with van der Waals surface area (Å²) in [5.41, 5.74) is 21.7. The summed E-state index contributed by atoms with van der Waals surface area (Å²) in [6.45, 7) is 1.74. The van der Waals surface area contributed by atoms with Crippen molar-refractivity contribution in [2.75, 3.05) is 26.2 Å². The van der Waals surface area contributed by atoms with Gasteiger partial charge >= 0.3 is 5.97 Å². The van der Waals surface area contributed by atoms with Crippen molar-refractivity contribution in [2.45, 2.75) is 82.1 Å². The lowest BCUT2D eigenvalue weighted by Crippen LogP contribution is -2.57. The molecule has 0 aromatic heterocycles. The molecule has 1 heterocycles. The molecule has 222 valence electrons. The number of carbonyl (C=O) groups excluding carboxylic acids is 4. The molecule has 1 fully saturated rings. The number of carboxylic acid groups (broad SMARTS) is 1. The van der Waals surface area contributed by atoms with Gasteiger partial charge in [0.25, 0.3) is 0 Å². The molecule has 4 amide bonds. The van der Waals surface area contributed by atoms with Crippen molar-refractivity contribution < 1.29 is 34.2 Å². The van der Waals surface area contributed by atoms with Crippen LogP contribution in [0.2, 0.25) is 0 Å². The summed E-state index contributed by atoms with van der Waals surface area (Å²) >= 11 is 0. The smallest absolute Gasteiger partial charge is 0.326 e. The Morgan fingerprint density at radius 2 is 1.72 bits per heavy atom. The van der Waals surface area contributed by atoms with E-state index < -0.39 is 66.4 Å². The lowest BCUT2D eigenvalue weighted by Gasteiger charge is -2.29. The van der Waals surface area contributed by atoms with E-state index in [9.17, 15) is 34.2 Å². The molecule has 13 N–H and O–H groups in total. The number of nitrogens with one attached hydrogen (secondary N) is 3. The summed E-state index contributed by atoms with van der Waals surface area (Å²) in [6, 6.07) is -4.27. The molecule has 5 atom stereocenters. The molecule has 0 saturated carbocycles. The highest BCUT2D eigenvalue weighted by Gasteiger charge is 2.38. The average Bonchev–Trinajstić information content (AvgIpc) is 3.37. The second kappa shape index (κ2) is 17.2. The zero-order valence-corrected chi connectivity index (χ0v) is 22.3. The van der Waals surface area contributed by atoms with Crippen LogP contribution >= 0.6 is 0 Å². The minimum Gasteiger partial charge on any atom is -0.480 e. The Morgan fingerprint density at radius 3 is 2.31 bits per heavy atom. The molecule has 1 aliphatic rings. The van der Waals surface area contributed by atoms with Gasteiger partial charge in [0, 0.05) is 13.1 Å². The largest absolute Gasteiger partial charge is 0.480 e. The van der Waals surface area contributed by atoms with E-state index >= 15 is 0 Å². The Balaban J connectivity index is 2.76. The normalized spacial score (nSPS) is 17.8. The first-order valence-corrected chi connectivity index (χ1v) is 13.0. The lowest BCUT2D eigenvalue weighted by atomic mass is 10.1. The predicted octanol–water partition coefficient (Wildman–Crippen LogP) is -3.96. The van der Waals surface area contributed by atoms with E-state index in [1.54, 1.807) is 0 Å². The molecule has 16 heteroatoms. The molecule has 0 spiro atoms. The monoisotopic (exact) mass is 557 g/mol. The van der Waals surface area contributed by atoms with Crippen molar-refractivity contribution in [1.29, 1.82) is 0 Å². The Bertz CT molecular complexity index is 880. The summed E-state index contributed by atoms with van der Waals surface area (Å²) in [4.78, 5) is 67.5. The van der Waals surface area contributed by atoms with E-state index in [2.05, 4.69) is 20.9 Å². The third-order valence-electron chi connectivity index (χ3n) is 6.22. The van der Waals surface area contributed by atoms with Crippen molar-refractivity contribution in [1.82, 2.24) is 20.9 Å². The van der Waals surface area contributed by atoms with Gasteiger partial charge in [-0.25, -0.2) is 4.79 Å². The molecule has 1 saturated heterocycles. The topological polar surface area (TPSA) is 282 Å². The average molecular weight is 558 g/mol. The number of aliphatic carboxylic acids is 1. The fraction of sp³-hybridized carbons (Fsp3) is 0.739. The van der Waals surface area contributed by atoms with Crippen LogP contribution in [0.15, 0.2) is 4.99 Å². The zero-order chi connectivity index (χ0) is 29.5. The molecule has 0 radical (unpaired) electrons. The Labute approximate surface area is 227 Å². The number of aliphatic imine (C=N–C) groups is 1. The van der Waals surface area contributed by atoms with Gasteiger partial charge in [-0.2, -0.15) is 0 Å². The van der Waals surface area contributed by atoms with E-state index in [0.717, 1.165) is 0 Å². The Hall–Kier alpha value is -3.50. The second-order valence-electron chi connectivity index (χ2n) is 9.43. The predicted molar refractivity (Wildman–Crippen MR) is 142 cm³/mol. The highest BCUT2D eigenvalue weighted by molar-refractivity contribution is 5.95. The molecule has 0 aliphatic carbocycles. The second-order valence-corrected chi connectivity index (χ2v) is 9.43. The number of carboxylic acids is 1. The molecular weight excluding hydrogens is 514 g/mol. The van der Waals surface area contributed by atoms with Crippen LogP contribution in [0.1, 0.15) is 51.9 Å². The number of nitrogens with zero attached hydrogens (tertiary/aromatic N) is 2. The van der Waals surface area contributed by atoms with Crippen LogP contribution in [0.25, 0.3) is 0 Å².